The number of ether oxygens (including phenoxy) is 2. The van der Waals surface area contributed by atoms with Crippen molar-refractivity contribution >= 4 is 5.97 Å². The van der Waals surface area contributed by atoms with Crippen LogP contribution in [0.4, 0.5) is 43.9 Å². The minimum absolute atomic E-state index is 0.278. The summed E-state index contributed by atoms with van der Waals surface area (Å²) in [4.78, 5) is 11.5. The third kappa shape index (κ3) is 3.32. The minimum Gasteiger partial charge on any atom is -0.418 e. The summed E-state index contributed by atoms with van der Waals surface area (Å²) in [5.41, 5.74) is 0. The molecule has 1 heterocycles. The number of rotatable bonds is 3. The fourth-order valence-corrected chi connectivity index (χ4v) is 1.99. The third-order valence-corrected chi connectivity index (χ3v) is 3.71. The predicted molar refractivity (Wildman–Crippen MR) is 61.2 cm³/mol. The first kappa shape index (κ1) is 22.7. The fourth-order valence-electron chi connectivity index (χ4n) is 1.99. The van der Waals surface area contributed by atoms with Crippen LogP contribution in [0.5, 0.6) is 0 Å². The zero-order valence-electron chi connectivity index (χ0n) is 12.9. The minimum atomic E-state index is -6.60. The Hall–Kier alpha value is -1.31. The second kappa shape index (κ2) is 6.39. The van der Waals surface area contributed by atoms with Crippen molar-refractivity contribution in [2.24, 2.45) is 5.92 Å². The van der Waals surface area contributed by atoms with Gasteiger partial charge in [-0.15, -0.1) is 0 Å². The molecule has 4 unspecified atom stereocenters. The molecular formula is C12H12F10O4. The van der Waals surface area contributed by atoms with Gasteiger partial charge in [-0.2, -0.15) is 35.1 Å². The van der Waals surface area contributed by atoms with E-state index in [1.807, 2.05) is 0 Å². The molecule has 1 N–H and O–H groups in total. The molecule has 0 amide bonds. The Morgan fingerprint density at radius 1 is 1.15 bits per heavy atom. The average molecular weight is 410 g/mol. The van der Waals surface area contributed by atoms with Crippen molar-refractivity contribution in [3.05, 3.63) is 0 Å². The Kier molecular flexibility index (Phi) is 5.59. The monoisotopic (exact) mass is 410 g/mol. The van der Waals surface area contributed by atoms with E-state index in [0.717, 1.165) is 6.92 Å². The van der Waals surface area contributed by atoms with Crippen LogP contribution in [0.15, 0.2) is 0 Å². The summed E-state index contributed by atoms with van der Waals surface area (Å²) in [6, 6.07) is 0. The van der Waals surface area contributed by atoms with E-state index in [1.54, 1.807) is 0 Å². The van der Waals surface area contributed by atoms with E-state index < -0.39 is 54.1 Å². The van der Waals surface area contributed by atoms with Crippen LogP contribution in [0, 0.1) is 5.92 Å². The molecule has 0 saturated carbocycles. The topological polar surface area (TPSA) is 55.8 Å². The second-order valence-electron chi connectivity index (χ2n) is 5.58. The number of esters is 1. The smallest absolute Gasteiger partial charge is 0.418 e. The zero-order valence-corrected chi connectivity index (χ0v) is 12.9. The first-order valence-electron chi connectivity index (χ1n) is 6.84. The van der Waals surface area contributed by atoms with Gasteiger partial charge < -0.3 is 14.6 Å². The summed E-state index contributed by atoms with van der Waals surface area (Å²) >= 11 is 0. The van der Waals surface area contributed by atoms with E-state index in [9.17, 15) is 48.7 Å². The Labute approximate surface area is 139 Å². The van der Waals surface area contributed by atoms with Crippen LogP contribution < -0.4 is 0 Å². The third-order valence-electron chi connectivity index (χ3n) is 3.71. The average Bonchev–Trinajstić information content (AvgIpc) is 2.44. The largest absolute Gasteiger partial charge is 0.462 e. The summed E-state index contributed by atoms with van der Waals surface area (Å²) in [6.45, 7) is 2.09. The highest BCUT2D eigenvalue weighted by atomic mass is 19.4. The van der Waals surface area contributed by atoms with Gasteiger partial charge in [-0.3, -0.25) is 4.79 Å². The van der Waals surface area contributed by atoms with E-state index in [1.165, 1.54) is 6.92 Å². The van der Waals surface area contributed by atoms with Crippen molar-refractivity contribution in [3.8, 4) is 0 Å². The van der Waals surface area contributed by atoms with Crippen molar-refractivity contribution in [2.75, 3.05) is 0 Å². The van der Waals surface area contributed by atoms with Gasteiger partial charge in [0.25, 0.3) is 0 Å². The highest BCUT2D eigenvalue weighted by molar-refractivity contribution is 5.72. The number of halogens is 10. The SMILES string of the molecule is CCC(C)C(=O)OC1(C(F)(F)F)OC(C(F)(F)F)C(F)(F)C(O)C1(F)F. The lowest BCUT2D eigenvalue weighted by Gasteiger charge is -2.50. The number of alkyl halides is 10. The maximum Gasteiger partial charge on any atom is 0.462 e. The van der Waals surface area contributed by atoms with Crippen LogP contribution in [0.3, 0.4) is 0 Å². The van der Waals surface area contributed by atoms with Gasteiger partial charge in [0.2, 0.25) is 6.10 Å². The van der Waals surface area contributed by atoms with Gasteiger partial charge in [0, 0.05) is 0 Å². The van der Waals surface area contributed by atoms with Crippen molar-refractivity contribution in [3.63, 3.8) is 0 Å². The van der Waals surface area contributed by atoms with Crippen LogP contribution in [0.25, 0.3) is 0 Å². The van der Waals surface area contributed by atoms with Gasteiger partial charge in [0.1, 0.15) is 0 Å². The second-order valence-corrected chi connectivity index (χ2v) is 5.58. The van der Waals surface area contributed by atoms with E-state index in [2.05, 4.69) is 9.47 Å². The Morgan fingerprint density at radius 2 is 1.62 bits per heavy atom. The summed E-state index contributed by atoms with van der Waals surface area (Å²) in [7, 11) is 0. The molecular weight excluding hydrogens is 398 g/mol. The maximum atomic E-state index is 14.0. The van der Waals surface area contributed by atoms with Crippen molar-refractivity contribution in [1.82, 2.24) is 0 Å². The lowest BCUT2D eigenvalue weighted by molar-refractivity contribution is -0.512. The Morgan fingerprint density at radius 3 is 1.96 bits per heavy atom. The molecule has 154 valence electrons. The standard InChI is InChI=1S/C12H12F10O4/c1-3-4(2)5(23)25-11(12(20,21)22)9(15,16)6(24)8(13,14)7(26-11)10(17,18)19/h4,6-7,24H,3H2,1-2H3. The normalized spacial score (nSPS) is 32.8. The lowest BCUT2D eigenvalue weighted by atomic mass is 9.89. The molecule has 4 nitrogen and oxygen atoms in total. The van der Waals surface area contributed by atoms with Crippen LogP contribution in [-0.4, -0.2) is 53.3 Å². The van der Waals surface area contributed by atoms with E-state index >= 15 is 0 Å². The number of carbonyl (C=O) groups excluding carboxylic acids is 1. The fraction of sp³-hybridized carbons (Fsp3) is 0.917. The number of aliphatic hydroxyl groups excluding tert-OH is 1. The van der Waals surface area contributed by atoms with Crippen LogP contribution in [0.2, 0.25) is 0 Å². The number of carbonyl (C=O) groups is 1. The highest BCUT2D eigenvalue weighted by Gasteiger charge is 2.87. The van der Waals surface area contributed by atoms with Gasteiger partial charge in [0.05, 0.1) is 5.92 Å². The summed E-state index contributed by atoms with van der Waals surface area (Å²) < 4.78 is 139. The van der Waals surface area contributed by atoms with Crippen LogP contribution >= 0.6 is 0 Å². The van der Waals surface area contributed by atoms with Crippen LogP contribution in [-0.2, 0) is 14.3 Å². The Balaban J connectivity index is 3.63. The van der Waals surface area contributed by atoms with Crippen molar-refractivity contribution in [2.45, 2.75) is 62.5 Å². The first-order chi connectivity index (χ1) is 11.4. The van der Waals surface area contributed by atoms with Crippen molar-refractivity contribution in [1.29, 1.82) is 0 Å². The molecule has 1 saturated heterocycles. The Bertz CT molecular complexity index is 543. The molecule has 0 aromatic carbocycles. The molecule has 1 aliphatic rings. The molecule has 0 spiro atoms. The van der Waals surface area contributed by atoms with Gasteiger partial charge in [-0.25, -0.2) is 8.78 Å². The molecule has 0 bridgehead atoms. The summed E-state index contributed by atoms with van der Waals surface area (Å²) in [6.07, 6.45) is -22.8. The van der Waals surface area contributed by atoms with Crippen LogP contribution in [0.1, 0.15) is 20.3 Å². The predicted octanol–water partition coefficient (Wildman–Crippen LogP) is 3.43. The van der Waals surface area contributed by atoms with E-state index in [0.29, 0.717) is 0 Å². The van der Waals surface area contributed by atoms with Gasteiger partial charge in [-0.05, 0) is 6.42 Å². The molecule has 4 atom stereocenters. The van der Waals surface area contributed by atoms with Crippen molar-refractivity contribution < 1.29 is 63.3 Å². The summed E-state index contributed by atoms with van der Waals surface area (Å²) in [5, 5.41) is 8.93. The molecule has 0 aliphatic carbocycles. The summed E-state index contributed by atoms with van der Waals surface area (Å²) in [5.74, 6) is -21.4. The molecule has 14 heteroatoms. The van der Waals surface area contributed by atoms with E-state index in [4.69, 9.17) is 5.11 Å². The van der Waals surface area contributed by atoms with Gasteiger partial charge >= 0.3 is 36.0 Å². The number of hydrogen-bond donors (Lipinski definition) is 1. The van der Waals surface area contributed by atoms with E-state index in [-0.39, 0.29) is 6.42 Å². The molecule has 1 fully saturated rings. The van der Waals surface area contributed by atoms with Gasteiger partial charge in [-0.1, -0.05) is 13.8 Å². The zero-order chi connectivity index (χ0) is 20.9. The first-order valence-corrected chi connectivity index (χ1v) is 6.84. The number of aliphatic hydroxyl groups is 1. The molecule has 0 aromatic heterocycles. The quantitative estimate of drug-likeness (QED) is 0.573. The lowest BCUT2D eigenvalue weighted by Crippen LogP contribution is -2.78. The molecule has 26 heavy (non-hydrogen) atoms. The molecule has 0 aromatic rings. The molecule has 1 rings (SSSR count). The highest BCUT2D eigenvalue weighted by Crippen LogP contribution is 2.58. The number of hydrogen-bond acceptors (Lipinski definition) is 4. The van der Waals surface area contributed by atoms with Gasteiger partial charge in [0.15, 0.2) is 6.10 Å². The molecule has 1 aliphatic heterocycles. The maximum absolute atomic E-state index is 14.0. The molecule has 0 radical (unpaired) electrons.